The highest BCUT2D eigenvalue weighted by atomic mass is 16.6. The van der Waals surface area contributed by atoms with Crippen LogP contribution in [0.3, 0.4) is 0 Å². The van der Waals surface area contributed by atoms with Gasteiger partial charge in [0, 0.05) is 39.1 Å². The first-order valence-corrected chi connectivity index (χ1v) is 8.38. The first-order chi connectivity index (χ1) is 11.2. The molecule has 0 aliphatic carbocycles. The fraction of sp³-hybridized carbons (Fsp3) is 0.812. The van der Waals surface area contributed by atoms with Crippen molar-refractivity contribution in [1.82, 2.24) is 21.3 Å². The summed E-state index contributed by atoms with van der Waals surface area (Å²) < 4.78 is 5.14. The molecule has 0 aromatic heterocycles. The normalized spacial score (nSPS) is 13.0. The fourth-order valence-electron chi connectivity index (χ4n) is 1.62. The summed E-state index contributed by atoms with van der Waals surface area (Å²) in [5.41, 5.74) is -0.509. The summed E-state index contributed by atoms with van der Waals surface area (Å²) in [7, 11) is 1.65. The number of guanidine groups is 1. The van der Waals surface area contributed by atoms with Crippen LogP contribution in [-0.4, -0.2) is 56.3 Å². The first-order valence-electron chi connectivity index (χ1n) is 8.38. The SMILES string of the molecule is CCC(C)NC(=O)CCNC(=NC)NCCNC(=O)OC(C)(C)C. The lowest BCUT2D eigenvalue weighted by atomic mass is 10.2. The van der Waals surface area contributed by atoms with E-state index in [9.17, 15) is 9.59 Å². The van der Waals surface area contributed by atoms with Gasteiger partial charge in [-0.05, 0) is 34.1 Å². The molecule has 0 aromatic rings. The molecule has 4 N–H and O–H groups in total. The average Bonchev–Trinajstić information content (AvgIpc) is 2.47. The topological polar surface area (TPSA) is 104 Å². The van der Waals surface area contributed by atoms with E-state index >= 15 is 0 Å². The van der Waals surface area contributed by atoms with Crippen LogP contribution in [0.15, 0.2) is 4.99 Å². The molecule has 0 aromatic carbocycles. The zero-order valence-corrected chi connectivity index (χ0v) is 15.8. The van der Waals surface area contributed by atoms with Gasteiger partial charge in [0.1, 0.15) is 5.60 Å². The van der Waals surface area contributed by atoms with Gasteiger partial charge in [0.05, 0.1) is 0 Å². The minimum absolute atomic E-state index is 0.0129. The number of ether oxygens (including phenoxy) is 1. The van der Waals surface area contributed by atoms with Gasteiger partial charge in [-0.1, -0.05) is 6.92 Å². The summed E-state index contributed by atoms with van der Waals surface area (Å²) >= 11 is 0. The summed E-state index contributed by atoms with van der Waals surface area (Å²) in [6.45, 7) is 10.8. The van der Waals surface area contributed by atoms with Gasteiger partial charge in [-0.3, -0.25) is 9.79 Å². The molecule has 1 atom stereocenters. The van der Waals surface area contributed by atoms with E-state index in [0.29, 0.717) is 32.0 Å². The Bertz CT molecular complexity index is 418. The van der Waals surface area contributed by atoms with Crippen LogP contribution in [0.25, 0.3) is 0 Å². The van der Waals surface area contributed by atoms with Gasteiger partial charge in [-0.15, -0.1) is 0 Å². The Balaban J connectivity index is 3.85. The monoisotopic (exact) mass is 343 g/mol. The van der Waals surface area contributed by atoms with Gasteiger partial charge in [0.25, 0.3) is 0 Å². The second-order valence-electron chi connectivity index (χ2n) is 6.48. The average molecular weight is 343 g/mol. The van der Waals surface area contributed by atoms with Crippen molar-refractivity contribution in [2.45, 2.75) is 59.1 Å². The van der Waals surface area contributed by atoms with Crippen molar-refractivity contribution in [1.29, 1.82) is 0 Å². The minimum atomic E-state index is -0.509. The van der Waals surface area contributed by atoms with E-state index in [-0.39, 0.29) is 11.9 Å². The summed E-state index contributed by atoms with van der Waals surface area (Å²) in [5.74, 6) is 0.594. The number of hydrogen-bond acceptors (Lipinski definition) is 4. The lowest BCUT2D eigenvalue weighted by Crippen LogP contribution is -2.43. The molecular weight excluding hydrogens is 310 g/mol. The standard InChI is InChI=1S/C16H33N5O3/c1-7-12(2)21-13(22)8-9-18-14(17-6)19-10-11-20-15(23)24-16(3,4)5/h12H,7-11H2,1-6H3,(H,20,23)(H,21,22)(H2,17,18,19). The number of carbonyl (C=O) groups is 2. The number of nitrogens with zero attached hydrogens (tertiary/aromatic N) is 1. The molecule has 1 unspecified atom stereocenters. The van der Waals surface area contributed by atoms with E-state index in [1.54, 1.807) is 7.05 Å². The van der Waals surface area contributed by atoms with Crippen LogP contribution in [0.1, 0.15) is 47.5 Å². The Kier molecular flexibility index (Phi) is 10.6. The van der Waals surface area contributed by atoms with Crippen molar-refractivity contribution in [2.75, 3.05) is 26.7 Å². The van der Waals surface area contributed by atoms with Gasteiger partial charge >= 0.3 is 6.09 Å². The molecule has 0 aliphatic heterocycles. The Labute approximate surface area is 145 Å². The third-order valence-electron chi connectivity index (χ3n) is 2.97. The highest BCUT2D eigenvalue weighted by Gasteiger charge is 2.15. The van der Waals surface area contributed by atoms with Crippen LogP contribution in [-0.2, 0) is 9.53 Å². The molecule has 2 amide bonds. The van der Waals surface area contributed by atoms with Crippen molar-refractivity contribution in [2.24, 2.45) is 4.99 Å². The largest absolute Gasteiger partial charge is 0.444 e. The molecule has 0 heterocycles. The number of carbonyl (C=O) groups excluding carboxylic acids is 2. The van der Waals surface area contributed by atoms with Crippen LogP contribution in [0.5, 0.6) is 0 Å². The molecule has 0 saturated carbocycles. The summed E-state index contributed by atoms with van der Waals surface area (Å²) in [4.78, 5) is 27.2. The maximum absolute atomic E-state index is 11.7. The molecule has 0 saturated heterocycles. The van der Waals surface area contributed by atoms with Crippen molar-refractivity contribution in [3.05, 3.63) is 0 Å². The lowest BCUT2D eigenvalue weighted by molar-refractivity contribution is -0.121. The van der Waals surface area contributed by atoms with Crippen LogP contribution < -0.4 is 21.3 Å². The lowest BCUT2D eigenvalue weighted by Gasteiger charge is -2.20. The maximum Gasteiger partial charge on any atom is 0.407 e. The molecule has 140 valence electrons. The first kappa shape index (κ1) is 22.0. The molecule has 0 bridgehead atoms. The van der Waals surface area contributed by atoms with Crippen LogP contribution in [0.4, 0.5) is 4.79 Å². The predicted molar refractivity (Wildman–Crippen MR) is 96.1 cm³/mol. The molecule has 0 spiro atoms. The number of nitrogens with one attached hydrogen (secondary N) is 4. The summed E-state index contributed by atoms with van der Waals surface area (Å²) in [5, 5.41) is 11.7. The molecule has 0 radical (unpaired) electrons. The molecule has 8 heteroatoms. The molecule has 0 aliphatic rings. The molecule has 0 fully saturated rings. The van der Waals surface area contributed by atoms with E-state index in [4.69, 9.17) is 4.74 Å². The Morgan fingerprint density at radius 1 is 1.08 bits per heavy atom. The van der Waals surface area contributed by atoms with Crippen molar-refractivity contribution < 1.29 is 14.3 Å². The van der Waals surface area contributed by atoms with Gasteiger partial charge in [-0.2, -0.15) is 0 Å². The quantitative estimate of drug-likeness (QED) is 0.299. The smallest absolute Gasteiger partial charge is 0.407 e. The summed E-state index contributed by atoms with van der Waals surface area (Å²) in [6.07, 6.45) is 0.836. The Morgan fingerprint density at radius 3 is 2.21 bits per heavy atom. The van der Waals surface area contributed by atoms with E-state index in [1.165, 1.54) is 0 Å². The third kappa shape index (κ3) is 12.5. The Morgan fingerprint density at radius 2 is 1.67 bits per heavy atom. The zero-order chi connectivity index (χ0) is 18.6. The van der Waals surface area contributed by atoms with E-state index < -0.39 is 11.7 Å². The van der Waals surface area contributed by atoms with Crippen LogP contribution in [0.2, 0.25) is 0 Å². The van der Waals surface area contributed by atoms with Gasteiger partial charge < -0.3 is 26.0 Å². The van der Waals surface area contributed by atoms with Crippen molar-refractivity contribution in [3.8, 4) is 0 Å². The molecule has 0 rings (SSSR count). The number of amides is 2. The molecule has 24 heavy (non-hydrogen) atoms. The number of rotatable bonds is 8. The highest BCUT2D eigenvalue weighted by Crippen LogP contribution is 2.05. The minimum Gasteiger partial charge on any atom is -0.444 e. The molecular formula is C16H33N5O3. The second kappa shape index (κ2) is 11.5. The maximum atomic E-state index is 11.7. The third-order valence-corrected chi connectivity index (χ3v) is 2.97. The fourth-order valence-corrected chi connectivity index (χ4v) is 1.62. The van der Waals surface area contributed by atoms with E-state index in [0.717, 1.165) is 6.42 Å². The van der Waals surface area contributed by atoms with Gasteiger partial charge in [0.15, 0.2) is 5.96 Å². The number of aliphatic imine (C=N–C) groups is 1. The summed E-state index contributed by atoms with van der Waals surface area (Å²) in [6, 6.07) is 0.189. The van der Waals surface area contributed by atoms with Gasteiger partial charge in [0.2, 0.25) is 5.91 Å². The second-order valence-corrected chi connectivity index (χ2v) is 6.48. The Hall–Kier alpha value is -1.99. The van der Waals surface area contributed by atoms with Crippen LogP contribution >= 0.6 is 0 Å². The van der Waals surface area contributed by atoms with E-state index in [2.05, 4.69) is 26.3 Å². The molecule has 8 nitrogen and oxygen atoms in total. The van der Waals surface area contributed by atoms with Crippen molar-refractivity contribution in [3.63, 3.8) is 0 Å². The highest BCUT2D eigenvalue weighted by molar-refractivity contribution is 5.81. The van der Waals surface area contributed by atoms with Crippen molar-refractivity contribution >= 4 is 18.0 Å². The van der Waals surface area contributed by atoms with E-state index in [1.807, 2.05) is 34.6 Å². The van der Waals surface area contributed by atoms with Crippen LogP contribution in [0, 0.1) is 0 Å². The number of hydrogen-bond donors (Lipinski definition) is 4. The number of alkyl carbamates (subject to hydrolysis) is 1. The zero-order valence-electron chi connectivity index (χ0n) is 15.8. The predicted octanol–water partition coefficient (Wildman–Crippen LogP) is 0.981. The van der Waals surface area contributed by atoms with Gasteiger partial charge in [-0.25, -0.2) is 4.79 Å².